The molecule has 0 saturated heterocycles. The van der Waals surface area contributed by atoms with Crippen LogP contribution in [-0.4, -0.2) is 19.9 Å². The Hall–Kier alpha value is -2.63. The first-order valence-electron chi connectivity index (χ1n) is 7.21. The molecule has 116 valence electrons. The first-order chi connectivity index (χ1) is 11.0. The molecule has 0 saturated carbocycles. The van der Waals surface area contributed by atoms with E-state index in [1.165, 1.54) is 0 Å². The third kappa shape index (κ3) is 5.25. The van der Waals surface area contributed by atoms with Crippen molar-refractivity contribution in [1.82, 2.24) is 0 Å². The lowest BCUT2D eigenvalue weighted by Crippen LogP contribution is -2.15. The van der Waals surface area contributed by atoms with Gasteiger partial charge in [0, 0.05) is 0 Å². The van der Waals surface area contributed by atoms with Gasteiger partial charge in [-0.05, 0) is 48.2 Å². The maximum Gasteiger partial charge on any atom is 0.150 e. The summed E-state index contributed by atoms with van der Waals surface area (Å²) in [5.41, 5.74) is 2.76. The van der Waals surface area contributed by atoms with Gasteiger partial charge in [-0.1, -0.05) is 24.3 Å². The molecule has 0 spiro atoms. The van der Waals surface area contributed by atoms with Gasteiger partial charge in [-0.3, -0.25) is 0 Å². The molecule has 0 radical (unpaired) electrons. The lowest BCUT2D eigenvalue weighted by molar-refractivity contribution is 0.594. The van der Waals surface area contributed by atoms with Crippen molar-refractivity contribution in [3.8, 4) is 12.1 Å². The SMILES string of the molecule is N#Cc1cccc(CCS(=O)(=O)CCc2cccc(C#N)c2)c1. The lowest BCUT2D eigenvalue weighted by atomic mass is 10.1. The Morgan fingerprint density at radius 3 is 1.61 bits per heavy atom. The number of hydrogen-bond donors (Lipinski definition) is 0. The predicted molar refractivity (Wildman–Crippen MR) is 88.4 cm³/mol. The van der Waals surface area contributed by atoms with E-state index in [-0.39, 0.29) is 11.5 Å². The summed E-state index contributed by atoms with van der Waals surface area (Å²) in [4.78, 5) is 0. The minimum absolute atomic E-state index is 0.0554. The van der Waals surface area contributed by atoms with Crippen molar-refractivity contribution < 1.29 is 8.42 Å². The number of aryl methyl sites for hydroxylation is 2. The van der Waals surface area contributed by atoms with Gasteiger partial charge in [0.1, 0.15) is 0 Å². The fraction of sp³-hybridized carbons (Fsp3) is 0.222. The molecule has 0 aliphatic carbocycles. The summed E-state index contributed by atoms with van der Waals surface area (Å²) < 4.78 is 24.3. The van der Waals surface area contributed by atoms with E-state index in [9.17, 15) is 8.42 Å². The van der Waals surface area contributed by atoms with E-state index in [1.54, 1.807) is 36.4 Å². The predicted octanol–water partition coefficient (Wildman–Crippen LogP) is 2.63. The third-order valence-corrected chi connectivity index (χ3v) is 5.17. The van der Waals surface area contributed by atoms with Crippen molar-refractivity contribution in [3.63, 3.8) is 0 Å². The molecule has 0 N–H and O–H groups in total. The molecule has 0 unspecified atom stereocenters. The van der Waals surface area contributed by atoms with Crippen LogP contribution in [0.15, 0.2) is 48.5 Å². The topological polar surface area (TPSA) is 81.7 Å². The first-order valence-corrected chi connectivity index (χ1v) is 9.03. The fourth-order valence-corrected chi connectivity index (χ4v) is 3.54. The zero-order valence-electron chi connectivity index (χ0n) is 12.6. The van der Waals surface area contributed by atoms with Gasteiger partial charge in [0.25, 0.3) is 0 Å². The van der Waals surface area contributed by atoms with E-state index in [1.807, 2.05) is 24.3 Å². The maximum absolute atomic E-state index is 12.2. The van der Waals surface area contributed by atoms with Crippen LogP contribution in [0.5, 0.6) is 0 Å². The minimum Gasteiger partial charge on any atom is -0.229 e. The highest BCUT2D eigenvalue weighted by molar-refractivity contribution is 7.91. The van der Waals surface area contributed by atoms with Crippen molar-refractivity contribution in [2.24, 2.45) is 0 Å². The molecule has 0 amide bonds. The van der Waals surface area contributed by atoms with Crippen molar-refractivity contribution in [1.29, 1.82) is 10.5 Å². The average molecular weight is 324 g/mol. The van der Waals surface area contributed by atoms with Gasteiger partial charge in [0.15, 0.2) is 9.84 Å². The standard InChI is InChI=1S/C18H16N2O2S/c19-13-17-5-1-3-15(11-17)7-9-23(21,22)10-8-16-4-2-6-18(12-16)14-20/h1-6,11-12H,7-10H2. The quantitative estimate of drug-likeness (QED) is 0.818. The van der Waals surface area contributed by atoms with E-state index in [0.717, 1.165) is 11.1 Å². The molecule has 0 bridgehead atoms. The van der Waals surface area contributed by atoms with Crippen LogP contribution in [0.4, 0.5) is 0 Å². The second-order valence-electron chi connectivity index (χ2n) is 5.28. The Kier molecular flexibility index (Phi) is 5.51. The molecular weight excluding hydrogens is 308 g/mol. The fourth-order valence-electron chi connectivity index (χ4n) is 2.24. The summed E-state index contributed by atoms with van der Waals surface area (Å²) in [6.45, 7) is 0. The molecule has 0 aliphatic rings. The van der Waals surface area contributed by atoms with E-state index < -0.39 is 9.84 Å². The second kappa shape index (κ2) is 7.58. The summed E-state index contributed by atoms with van der Waals surface area (Å²) >= 11 is 0. The van der Waals surface area contributed by atoms with Crippen LogP contribution in [0.2, 0.25) is 0 Å². The molecule has 4 nitrogen and oxygen atoms in total. The Morgan fingerprint density at radius 2 is 1.22 bits per heavy atom. The molecule has 2 aromatic rings. The lowest BCUT2D eigenvalue weighted by Gasteiger charge is -2.06. The molecule has 0 aromatic heterocycles. The summed E-state index contributed by atoms with van der Waals surface area (Å²) in [7, 11) is -3.18. The average Bonchev–Trinajstić information content (AvgIpc) is 2.59. The summed E-state index contributed by atoms with van der Waals surface area (Å²) in [5.74, 6) is 0.111. The van der Waals surface area contributed by atoms with Crippen LogP contribution in [-0.2, 0) is 22.7 Å². The molecule has 23 heavy (non-hydrogen) atoms. The highest BCUT2D eigenvalue weighted by Gasteiger charge is 2.12. The smallest absolute Gasteiger partial charge is 0.150 e. The molecule has 0 fully saturated rings. The molecule has 5 heteroatoms. The van der Waals surface area contributed by atoms with E-state index in [2.05, 4.69) is 0 Å². The van der Waals surface area contributed by atoms with Crippen molar-refractivity contribution in [2.75, 3.05) is 11.5 Å². The van der Waals surface area contributed by atoms with E-state index >= 15 is 0 Å². The molecule has 0 aliphatic heterocycles. The molecule has 2 aromatic carbocycles. The number of sulfone groups is 1. The Labute approximate surface area is 136 Å². The molecule has 2 rings (SSSR count). The largest absolute Gasteiger partial charge is 0.229 e. The highest BCUT2D eigenvalue weighted by Crippen LogP contribution is 2.09. The zero-order chi connectivity index (χ0) is 16.7. The highest BCUT2D eigenvalue weighted by atomic mass is 32.2. The Balaban J connectivity index is 1.94. The monoisotopic (exact) mass is 324 g/mol. The number of benzene rings is 2. The van der Waals surface area contributed by atoms with E-state index in [4.69, 9.17) is 10.5 Å². The van der Waals surface area contributed by atoms with Gasteiger partial charge in [-0.2, -0.15) is 10.5 Å². The van der Waals surface area contributed by atoms with Crippen LogP contribution >= 0.6 is 0 Å². The number of hydrogen-bond acceptors (Lipinski definition) is 4. The van der Waals surface area contributed by atoms with Crippen LogP contribution in [0.1, 0.15) is 22.3 Å². The van der Waals surface area contributed by atoms with Gasteiger partial charge >= 0.3 is 0 Å². The normalized spacial score (nSPS) is 10.7. The maximum atomic E-state index is 12.2. The van der Waals surface area contributed by atoms with Crippen LogP contribution < -0.4 is 0 Å². The van der Waals surface area contributed by atoms with Gasteiger partial charge in [-0.15, -0.1) is 0 Å². The van der Waals surface area contributed by atoms with Crippen LogP contribution in [0.25, 0.3) is 0 Å². The Morgan fingerprint density at radius 1 is 0.783 bits per heavy atom. The number of nitrogens with zero attached hydrogens (tertiary/aromatic N) is 2. The number of nitriles is 2. The number of rotatable bonds is 6. The second-order valence-corrected chi connectivity index (χ2v) is 7.58. The van der Waals surface area contributed by atoms with Crippen molar-refractivity contribution >= 4 is 9.84 Å². The van der Waals surface area contributed by atoms with Crippen LogP contribution in [0, 0.1) is 22.7 Å². The van der Waals surface area contributed by atoms with Crippen LogP contribution in [0.3, 0.4) is 0 Å². The van der Waals surface area contributed by atoms with E-state index in [0.29, 0.717) is 24.0 Å². The molecule has 0 atom stereocenters. The van der Waals surface area contributed by atoms with Crippen molar-refractivity contribution in [2.45, 2.75) is 12.8 Å². The first kappa shape index (κ1) is 16.7. The van der Waals surface area contributed by atoms with Gasteiger partial charge in [0.05, 0.1) is 34.8 Å². The Bertz CT molecular complexity index is 807. The van der Waals surface area contributed by atoms with Gasteiger partial charge in [-0.25, -0.2) is 8.42 Å². The summed E-state index contributed by atoms with van der Waals surface area (Å²) in [5, 5.41) is 17.7. The summed E-state index contributed by atoms with van der Waals surface area (Å²) in [6, 6.07) is 18.1. The van der Waals surface area contributed by atoms with Gasteiger partial charge < -0.3 is 0 Å². The minimum atomic E-state index is -3.18. The van der Waals surface area contributed by atoms with Crippen molar-refractivity contribution in [3.05, 3.63) is 70.8 Å². The molecular formula is C18H16N2O2S. The summed E-state index contributed by atoms with van der Waals surface area (Å²) in [6.07, 6.45) is 0.798. The molecule has 0 heterocycles. The zero-order valence-corrected chi connectivity index (χ0v) is 13.4. The third-order valence-electron chi connectivity index (χ3n) is 3.52. The van der Waals surface area contributed by atoms with Gasteiger partial charge in [0.2, 0.25) is 0 Å².